The summed E-state index contributed by atoms with van der Waals surface area (Å²) in [4.78, 5) is 3.95. The molecule has 0 heterocycles. The molecule has 5 atom stereocenters. The molecule has 4 bridgehead atoms. The summed E-state index contributed by atoms with van der Waals surface area (Å²) in [6.45, 7) is 6.74. The first kappa shape index (κ1) is 29.9. The highest BCUT2D eigenvalue weighted by Gasteiger charge is 2.63. The van der Waals surface area contributed by atoms with E-state index < -0.39 is 26.7 Å². The summed E-state index contributed by atoms with van der Waals surface area (Å²) < 4.78 is 48.3. The molecule has 0 radical (unpaired) electrons. The van der Waals surface area contributed by atoms with E-state index in [1.807, 2.05) is 0 Å². The highest BCUT2D eigenvalue weighted by Crippen LogP contribution is 2.69. The highest BCUT2D eigenvalue weighted by atomic mass is 32.2. The third kappa shape index (κ3) is 6.09. The normalized spacial score (nSPS) is 29.9. The standard InChI is InChI=1S/C36H45FO3S2/c1-33(2,3)28-14-16-31(17-15-28)41(30-11-5-4-6-12-30)32-13-9-10-29(20-32)35-22-27-21-34(24-35,25-36(37,23-27)26-35)18-7-8-19-42(38,39)40/h4-6,9-17,20,27,41H,7-8,18-19,21-26H2,1-3H3,(H,38,39,40). The molecule has 0 aliphatic heterocycles. The van der Waals surface area contributed by atoms with Crippen LogP contribution in [0.25, 0.3) is 0 Å². The number of hydrogen-bond donors (Lipinski definition) is 2. The molecule has 3 aromatic rings. The van der Waals surface area contributed by atoms with E-state index in [1.54, 1.807) is 0 Å². The molecular formula is C36H45FO3S2. The predicted octanol–water partition coefficient (Wildman–Crippen LogP) is 9.45. The second kappa shape index (κ2) is 10.8. The second-order valence-corrected chi connectivity index (χ2v) is 18.5. The van der Waals surface area contributed by atoms with Crippen molar-refractivity contribution in [2.75, 3.05) is 5.75 Å². The van der Waals surface area contributed by atoms with Gasteiger partial charge in [0.2, 0.25) is 0 Å². The van der Waals surface area contributed by atoms with Gasteiger partial charge in [-0.15, -0.1) is 0 Å². The smallest absolute Gasteiger partial charge is 0.264 e. The van der Waals surface area contributed by atoms with Crippen LogP contribution in [0, 0.1) is 11.3 Å². The van der Waals surface area contributed by atoms with E-state index in [1.165, 1.54) is 25.8 Å². The van der Waals surface area contributed by atoms with Crippen molar-refractivity contribution in [3.8, 4) is 0 Å². The summed E-state index contributed by atoms with van der Waals surface area (Å²) in [5, 5.41) is 0. The van der Waals surface area contributed by atoms with Gasteiger partial charge in [0.15, 0.2) is 0 Å². The van der Waals surface area contributed by atoms with Gasteiger partial charge >= 0.3 is 0 Å². The van der Waals surface area contributed by atoms with Crippen molar-refractivity contribution in [1.82, 2.24) is 0 Å². The van der Waals surface area contributed by atoms with Crippen LogP contribution < -0.4 is 0 Å². The van der Waals surface area contributed by atoms with Crippen LogP contribution in [0.5, 0.6) is 0 Å². The van der Waals surface area contributed by atoms with Gasteiger partial charge in [0, 0.05) is 0 Å². The summed E-state index contributed by atoms with van der Waals surface area (Å²) in [5.41, 5.74) is 1.29. The van der Waals surface area contributed by atoms with Crippen LogP contribution in [0.2, 0.25) is 0 Å². The fourth-order valence-corrected chi connectivity index (χ4v) is 11.9. The van der Waals surface area contributed by atoms with Crippen LogP contribution >= 0.6 is 10.9 Å². The van der Waals surface area contributed by atoms with Crippen LogP contribution in [0.1, 0.15) is 89.7 Å². The van der Waals surface area contributed by atoms with Crippen LogP contribution in [-0.4, -0.2) is 24.4 Å². The van der Waals surface area contributed by atoms with Crippen molar-refractivity contribution >= 4 is 21.0 Å². The SMILES string of the molecule is CC(C)(C)c1ccc([SH](c2ccccc2)c2cccc(C34CC5CC(F)(CC(CCCCS(=O)(=O)O)(C5)C3)C4)c2)cc1. The molecule has 226 valence electrons. The first-order valence-corrected chi connectivity index (χ1v) is 18.4. The molecule has 42 heavy (non-hydrogen) atoms. The van der Waals surface area contributed by atoms with Gasteiger partial charge in [-0.25, -0.2) is 4.39 Å². The van der Waals surface area contributed by atoms with Crippen molar-refractivity contribution < 1.29 is 17.4 Å². The highest BCUT2D eigenvalue weighted by molar-refractivity contribution is 8.17. The van der Waals surface area contributed by atoms with Gasteiger partial charge in [0.1, 0.15) is 5.67 Å². The molecular weight excluding hydrogens is 564 g/mol. The lowest BCUT2D eigenvalue weighted by atomic mass is 9.41. The quantitative estimate of drug-likeness (QED) is 0.145. The molecule has 0 aromatic heterocycles. The average molecular weight is 609 g/mol. The molecule has 3 aromatic carbocycles. The van der Waals surface area contributed by atoms with Crippen molar-refractivity contribution in [2.24, 2.45) is 11.3 Å². The molecule has 5 unspecified atom stereocenters. The minimum absolute atomic E-state index is 0.0870. The third-order valence-corrected chi connectivity index (χ3v) is 13.4. The van der Waals surface area contributed by atoms with Gasteiger partial charge in [0.25, 0.3) is 10.1 Å². The Balaban J connectivity index is 1.35. The molecule has 0 amide bonds. The first-order chi connectivity index (χ1) is 19.8. The number of alkyl halides is 1. The molecule has 4 saturated carbocycles. The van der Waals surface area contributed by atoms with E-state index in [2.05, 4.69) is 99.6 Å². The summed E-state index contributed by atoms with van der Waals surface area (Å²) in [6, 6.07) is 29.0. The molecule has 6 heteroatoms. The largest absolute Gasteiger partial charge is 0.286 e. The van der Waals surface area contributed by atoms with Gasteiger partial charge in [-0.2, -0.15) is 19.3 Å². The lowest BCUT2D eigenvalue weighted by Crippen LogP contribution is -2.60. The van der Waals surface area contributed by atoms with E-state index in [4.69, 9.17) is 0 Å². The number of rotatable bonds is 9. The van der Waals surface area contributed by atoms with Gasteiger partial charge in [-0.05, 0) is 136 Å². The summed E-state index contributed by atoms with van der Waals surface area (Å²) in [6.07, 6.45) is 6.89. The number of unbranched alkanes of at least 4 members (excludes halogenated alkanes) is 1. The topological polar surface area (TPSA) is 54.4 Å². The molecule has 4 aliphatic carbocycles. The average Bonchev–Trinajstić information content (AvgIpc) is 2.90. The number of benzene rings is 3. The Bertz CT molecular complexity index is 1530. The van der Waals surface area contributed by atoms with E-state index >= 15 is 4.39 Å². The number of thiol groups is 1. The van der Waals surface area contributed by atoms with E-state index in [0.717, 1.165) is 25.7 Å². The Labute approximate surface area is 254 Å². The fraction of sp³-hybridized carbons (Fsp3) is 0.500. The minimum Gasteiger partial charge on any atom is -0.286 e. The van der Waals surface area contributed by atoms with Crippen molar-refractivity contribution in [2.45, 2.75) is 110 Å². The summed E-state index contributed by atoms with van der Waals surface area (Å²) in [5.74, 6) is 0.164. The van der Waals surface area contributed by atoms with Gasteiger partial charge in [-0.1, -0.05) is 69.7 Å². The minimum atomic E-state index is -3.96. The summed E-state index contributed by atoms with van der Waals surface area (Å²) >= 11 is 0. The van der Waals surface area contributed by atoms with Gasteiger partial charge in [0.05, 0.1) is 5.75 Å². The Morgan fingerprint density at radius 3 is 2.19 bits per heavy atom. The monoisotopic (exact) mass is 608 g/mol. The molecule has 4 fully saturated rings. The Morgan fingerprint density at radius 2 is 1.52 bits per heavy atom. The van der Waals surface area contributed by atoms with E-state index in [0.29, 0.717) is 38.0 Å². The van der Waals surface area contributed by atoms with Crippen LogP contribution in [0.15, 0.2) is 93.5 Å². The first-order valence-electron chi connectivity index (χ1n) is 15.5. The number of hydrogen-bond acceptors (Lipinski definition) is 2. The van der Waals surface area contributed by atoms with Crippen LogP contribution in [-0.2, 0) is 20.9 Å². The summed E-state index contributed by atoms with van der Waals surface area (Å²) in [7, 11) is -4.73. The molecule has 3 nitrogen and oxygen atoms in total. The third-order valence-electron chi connectivity index (χ3n) is 10.2. The Hall–Kier alpha value is -2.15. The lowest BCUT2D eigenvalue weighted by Gasteiger charge is -2.64. The Morgan fingerprint density at radius 1 is 0.833 bits per heavy atom. The molecule has 0 saturated heterocycles. The molecule has 4 aliphatic rings. The maximum atomic E-state index is 16.5. The van der Waals surface area contributed by atoms with E-state index in [9.17, 15) is 13.0 Å². The maximum absolute atomic E-state index is 16.5. The predicted molar refractivity (Wildman–Crippen MR) is 171 cm³/mol. The molecule has 7 rings (SSSR count). The zero-order valence-corrected chi connectivity index (χ0v) is 26.9. The van der Waals surface area contributed by atoms with Crippen LogP contribution in [0.3, 0.4) is 0 Å². The molecule has 0 spiro atoms. The lowest BCUT2D eigenvalue weighted by molar-refractivity contribution is -0.141. The zero-order valence-electron chi connectivity index (χ0n) is 25.2. The Kier molecular flexibility index (Phi) is 7.68. The second-order valence-electron chi connectivity index (χ2n) is 14.7. The van der Waals surface area contributed by atoms with Crippen molar-refractivity contribution in [3.63, 3.8) is 0 Å². The van der Waals surface area contributed by atoms with Crippen molar-refractivity contribution in [3.05, 3.63) is 90.0 Å². The number of halogens is 1. The van der Waals surface area contributed by atoms with E-state index in [-0.39, 0.29) is 22.0 Å². The zero-order chi connectivity index (χ0) is 29.8. The van der Waals surface area contributed by atoms with Gasteiger partial charge < -0.3 is 0 Å². The van der Waals surface area contributed by atoms with Crippen LogP contribution in [0.4, 0.5) is 4.39 Å². The fourth-order valence-electron chi connectivity index (χ4n) is 9.01. The molecule has 1 N–H and O–H groups in total. The maximum Gasteiger partial charge on any atom is 0.264 e. The van der Waals surface area contributed by atoms with Crippen molar-refractivity contribution in [1.29, 1.82) is 0 Å². The van der Waals surface area contributed by atoms with Gasteiger partial charge in [-0.3, -0.25) is 4.55 Å².